The van der Waals surface area contributed by atoms with E-state index >= 15 is 0 Å². The van der Waals surface area contributed by atoms with E-state index in [1.54, 1.807) is 0 Å². The number of hydrogen-bond donors (Lipinski definition) is 0. The number of thiophene rings is 1. The van der Waals surface area contributed by atoms with Crippen molar-refractivity contribution in [2.45, 2.75) is 5.41 Å². The Kier molecular flexibility index (Phi) is 7.69. The van der Waals surface area contributed by atoms with Crippen LogP contribution in [0.2, 0.25) is 0 Å². The summed E-state index contributed by atoms with van der Waals surface area (Å²) >= 11 is 1.85. The lowest BCUT2D eigenvalue weighted by atomic mass is 9.70. The van der Waals surface area contributed by atoms with Gasteiger partial charge in [-0.15, -0.1) is 11.3 Å². The summed E-state index contributed by atoms with van der Waals surface area (Å²) in [4.78, 5) is 15.7. The summed E-state index contributed by atoms with van der Waals surface area (Å²) in [5, 5.41) is 2.59. The zero-order valence-electron chi connectivity index (χ0n) is 33.5. The second-order valence-electron chi connectivity index (χ2n) is 16.3. The zero-order chi connectivity index (χ0) is 40.8. The number of rotatable bonds is 5. The molecule has 0 saturated heterocycles. The highest BCUT2D eigenvalue weighted by Crippen LogP contribution is 2.63. The summed E-state index contributed by atoms with van der Waals surface area (Å²) in [7, 11) is 0. The molecular formula is C58H35N3S. The molecule has 0 saturated carbocycles. The minimum Gasteiger partial charge on any atom is -0.208 e. The quantitative estimate of drug-likeness (QED) is 0.174. The molecule has 62 heavy (non-hydrogen) atoms. The van der Waals surface area contributed by atoms with Gasteiger partial charge in [0.2, 0.25) is 0 Å². The molecule has 9 aromatic carbocycles. The maximum absolute atomic E-state index is 5.27. The first-order chi connectivity index (χ1) is 30.7. The van der Waals surface area contributed by atoms with Crippen LogP contribution >= 0.6 is 11.3 Å². The van der Waals surface area contributed by atoms with E-state index in [1.807, 2.05) is 17.4 Å². The van der Waals surface area contributed by atoms with Gasteiger partial charge in [-0.3, -0.25) is 0 Å². The molecule has 0 unspecified atom stereocenters. The van der Waals surface area contributed by atoms with E-state index < -0.39 is 5.41 Å². The second-order valence-corrected chi connectivity index (χ2v) is 17.3. The van der Waals surface area contributed by atoms with Gasteiger partial charge < -0.3 is 0 Å². The third-order valence-corrected chi connectivity index (χ3v) is 14.2. The van der Waals surface area contributed by atoms with E-state index in [0.29, 0.717) is 17.5 Å². The van der Waals surface area contributed by atoms with E-state index in [2.05, 4.69) is 206 Å². The van der Waals surface area contributed by atoms with Crippen LogP contribution in [-0.2, 0) is 5.41 Å². The Morgan fingerprint density at radius 2 is 0.726 bits per heavy atom. The fraction of sp³-hybridized carbons (Fsp3) is 0.0172. The van der Waals surface area contributed by atoms with Crippen LogP contribution in [0, 0.1) is 0 Å². The van der Waals surface area contributed by atoms with Crippen LogP contribution in [0.5, 0.6) is 0 Å². The lowest BCUT2D eigenvalue weighted by Crippen LogP contribution is -2.25. The van der Waals surface area contributed by atoms with Crippen LogP contribution in [0.4, 0.5) is 0 Å². The molecular weight excluding hydrogens is 771 g/mol. The fourth-order valence-corrected chi connectivity index (χ4v) is 11.5. The molecule has 11 aromatic rings. The Morgan fingerprint density at radius 3 is 1.37 bits per heavy atom. The molecule has 0 aliphatic heterocycles. The lowest BCUT2D eigenvalue weighted by molar-refractivity contribution is 0.794. The topological polar surface area (TPSA) is 38.7 Å². The molecule has 0 fully saturated rings. The summed E-state index contributed by atoms with van der Waals surface area (Å²) in [5.41, 5.74) is 17.4. The Balaban J connectivity index is 0.963. The van der Waals surface area contributed by atoms with E-state index in [-0.39, 0.29) is 0 Å². The molecule has 2 heterocycles. The van der Waals surface area contributed by atoms with E-state index in [9.17, 15) is 0 Å². The predicted octanol–water partition coefficient (Wildman–Crippen LogP) is 14.9. The number of nitrogens with zero attached hydrogens (tertiary/aromatic N) is 3. The fourth-order valence-electron chi connectivity index (χ4n) is 10.2. The van der Waals surface area contributed by atoms with Crippen LogP contribution in [0.15, 0.2) is 212 Å². The van der Waals surface area contributed by atoms with Crippen molar-refractivity contribution >= 4 is 31.5 Å². The van der Waals surface area contributed by atoms with E-state index in [1.165, 1.54) is 75.8 Å². The Bertz CT molecular complexity index is 3520. The molecule has 4 heteroatoms. The van der Waals surface area contributed by atoms with Gasteiger partial charge in [-0.1, -0.05) is 200 Å². The Labute approximate surface area is 363 Å². The summed E-state index contributed by atoms with van der Waals surface area (Å²) < 4.78 is 2.60. The number of hydrogen-bond acceptors (Lipinski definition) is 4. The van der Waals surface area contributed by atoms with E-state index in [4.69, 9.17) is 15.0 Å². The molecule has 0 atom stereocenters. The first kappa shape index (κ1) is 35.0. The predicted molar refractivity (Wildman–Crippen MR) is 256 cm³/mol. The van der Waals surface area contributed by atoms with Crippen LogP contribution < -0.4 is 0 Å². The normalized spacial score (nSPS) is 13.0. The standard InChI is InChI=1S/C58H35N3S/c1-2-13-36(14-3-1)37-25-29-39(30-26-37)55-59-56(40-31-27-38(28-32-40)42-19-12-20-47-46-18-7-11-24-53(46)62-54(42)47)61-57(60-55)41-33-34-52-48(35-41)45-17-6-10-23-51(45)58(52)49-21-8-4-15-43(49)44-16-5-9-22-50(44)58/h1-35H. The van der Waals surface area contributed by atoms with Gasteiger partial charge in [-0.2, -0.15) is 0 Å². The second kappa shape index (κ2) is 13.6. The van der Waals surface area contributed by atoms with Gasteiger partial charge in [0.05, 0.1) is 5.41 Å². The maximum Gasteiger partial charge on any atom is 0.164 e. The molecule has 288 valence electrons. The number of benzene rings is 9. The van der Waals surface area contributed by atoms with Crippen molar-refractivity contribution in [1.29, 1.82) is 0 Å². The molecule has 2 aliphatic carbocycles. The third kappa shape index (κ3) is 5.14. The SMILES string of the molecule is c1ccc(-c2ccc(-c3nc(-c4ccc(-c5cccc6c5sc5ccccc56)cc4)nc(-c4ccc5c(c4)-c4ccccc4C54c5ccccc5-c5ccccc54)n3)cc2)cc1. The minimum absolute atomic E-state index is 0.407. The summed E-state index contributed by atoms with van der Waals surface area (Å²) in [6.45, 7) is 0. The van der Waals surface area contributed by atoms with Crippen LogP contribution in [-0.4, -0.2) is 15.0 Å². The van der Waals surface area contributed by atoms with Gasteiger partial charge in [0.1, 0.15) is 0 Å². The Morgan fingerprint density at radius 1 is 0.290 bits per heavy atom. The average Bonchev–Trinajstić information content (AvgIpc) is 3.98. The summed E-state index contributed by atoms with van der Waals surface area (Å²) in [5.74, 6) is 1.92. The van der Waals surface area contributed by atoms with Gasteiger partial charge in [0.15, 0.2) is 17.5 Å². The van der Waals surface area contributed by atoms with Crippen molar-refractivity contribution in [1.82, 2.24) is 15.0 Å². The van der Waals surface area contributed by atoms with Gasteiger partial charge in [-0.25, -0.2) is 15.0 Å². The molecule has 1 spiro atoms. The molecule has 0 bridgehead atoms. The molecule has 3 nitrogen and oxygen atoms in total. The van der Waals surface area contributed by atoms with Crippen LogP contribution in [0.3, 0.4) is 0 Å². The third-order valence-electron chi connectivity index (χ3n) is 13.0. The van der Waals surface area contributed by atoms with Gasteiger partial charge in [0, 0.05) is 36.9 Å². The smallest absolute Gasteiger partial charge is 0.164 e. The molecule has 0 N–H and O–H groups in total. The first-order valence-electron chi connectivity index (χ1n) is 21.1. The van der Waals surface area contributed by atoms with Crippen LogP contribution in [0.25, 0.3) is 98.8 Å². The first-order valence-corrected chi connectivity index (χ1v) is 21.9. The maximum atomic E-state index is 5.27. The molecule has 2 aliphatic rings. The van der Waals surface area contributed by atoms with Crippen molar-refractivity contribution in [2.75, 3.05) is 0 Å². The van der Waals surface area contributed by atoms with Crippen molar-refractivity contribution in [3.05, 3.63) is 235 Å². The van der Waals surface area contributed by atoms with Gasteiger partial charge in [0.25, 0.3) is 0 Å². The molecule has 0 amide bonds. The highest BCUT2D eigenvalue weighted by Gasteiger charge is 2.51. The number of fused-ring (bicyclic) bond motifs is 13. The highest BCUT2D eigenvalue weighted by molar-refractivity contribution is 7.26. The Hall–Kier alpha value is -7.79. The average molecular weight is 806 g/mol. The molecule has 0 radical (unpaired) electrons. The van der Waals surface area contributed by atoms with Gasteiger partial charge >= 0.3 is 0 Å². The van der Waals surface area contributed by atoms with Crippen molar-refractivity contribution in [3.63, 3.8) is 0 Å². The van der Waals surface area contributed by atoms with Crippen LogP contribution in [0.1, 0.15) is 22.3 Å². The lowest BCUT2D eigenvalue weighted by Gasteiger charge is -2.30. The largest absolute Gasteiger partial charge is 0.208 e. The minimum atomic E-state index is -0.407. The molecule has 13 rings (SSSR count). The molecule has 2 aromatic heterocycles. The highest BCUT2D eigenvalue weighted by atomic mass is 32.1. The van der Waals surface area contributed by atoms with E-state index in [0.717, 1.165) is 27.8 Å². The van der Waals surface area contributed by atoms with Crippen molar-refractivity contribution in [2.24, 2.45) is 0 Å². The van der Waals surface area contributed by atoms with Gasteiger partial charge in [-0.05, 0) is 78.9 Å². The van der Waals surface area contributed by atoms with Crippen molar-refractivity contribution in [3.8, 4) is 78.7 Å². The monoisotopic (exact) mass is 805 g/mol. The number of aromatic nitrogens is 3. The van der Waals surface area contributed by atoms with Crippen molar-refractivity contribution < 1.29 is 0 Å². The zero-order valence-corrected chi connectivity index (χ0v) is 34.3. The summed E-state index contributed by atoms with van der Waals surface area (Å²) in [6, 6.07) is 76.6. The summed E-state index contributed by atoms with van der Waals surface area (Å²) in [6.07, 6.45) is 0.